The molecule has 4 aromatic rings. The number of carbonyl (C=O) groups is 1. The number of aryl methyl sites for hydroxylation is 2. The maximum atomic E-state index is 14.2. The largest absolute Gasteiger partial charge is 0.416 e. The zero-order valence-electron chi connectivity index (χ0n) is 28.0. The number of ether oxygens (including phenoxy) is 1. The van der Waals surface area contributed by atoms with Crippen LogP contribution in [0.3, 0.4) is 0 Å². The highest BCUT2D eigenvalue weighted by molar-refractivity contribution is 6.04. The molecule has 1 N–H and O–H groups in total. The molecule has 2 aliphatic heterocycles. The number of pyridine rings is 1. The van der Waals surface area contributed by atoms with Crippen molar-refractivity contribution < 1.29 is 22.7 Å². The molecule has 0 spiro atoms. The smallest absolute Gasteiger partial charge is 0.381 e. The number of rotatable bonds is 8. The van der Waals surface area contributed by atoms with Gasteiger partial charge in [0.05, 0.1) is 16.8 Å². The molecule has 258 valence electrons. The zero-order chi connectivity index (χ0) is 34.4. The fourth-order valence-electron chi connectivity index (χ4n) is 6.65. The first-order valence-electron chi connectivity index (χ1n) is 17.2. The summed E-state index contributed by atoms with van der Waals surface area (Å²) in [5, 5.41) is 10.9. The second kappa shape index (κ2) is 15.5. The Morgan fingerprint density at radius 3 is 2.65 bits per heavy atom. The summed E-state index contributed by atoms with van der Waals surface area (Å²) in [4.78, 5) is 24.1. The van der Waals surface area contributed by atoms with Crippen LogP contribution in [0.25, 0.3) is 5.78 Å². The van der Waals surface area contributed by atoms with Crippen LogP contribution in [-0.4, -0.2) is 61.7 Å². The maximum Gasteiger partial charge on any atom is 0.416 e. The summed E-state index contributed by atoms with van der Waals surface area (Å²) in [7, 11) is 0. The molecule has 2 saturated heterocycles. The molecule has 1 unspecified atom stereocenters. The fourth-order valence-corrected chi connectivity index (χ4v) is 6.65. The Morgan fingerprint density at radius 1 is 1.02 bits per heavy atom. The Kier molecular flexibility index (Phi) is 10.9. The van der Waals surface area contributed by atoms with Crippen molar-refractivity contribution in [3.05, 3.63) is 82.2 Å². The second-order valence-electron chi connectivity index (χ2n) is 13.2. The minimum Gasteiger partial charge on any atom is -0.381 e. The van der Waals surface area contributed by atoms with Gasteiger partial charge >= 0.3 is 6.18 Å². The van der Waals surface area contributed by atoms with Gasteiger partial charge < -0.3 is 10.1 Å². The number of hydrogen-bond donors (Lipinski definition) is 1. The number of nitrogens with one attached hydrogen (secondary N) is 1. The van der Waals surface area contributed by atoms with E-state index in [2.05, 4.69) is 49.1 Å². The molecule has 1 atom stereocenters. The average molecular weight is 674 g/mol. The Bertz CT molecular complexity index is 1840. The molecule has 3 aromatic heterocycles. The van der Waals surface area contributed by atoms with E-state index in [1.54, 1.807) is 17.4 Å². The molecule has 9 nitrogen and oxygen atoms in total. The van der Waals surface area contributed by atoms with Crippen LogP contribution < -0.4 is 5.32 Å². The molecule has 2 aliphatic rings. The quantitative estimate of drug-likeness (QED) is 0.204. The number of hydrogen-bond acceptors (Lipinski definition) is 7. The van der Waals surface area contributed by atoms with Gasteiger partial charge in [0.1, 0.15) is 0 Å². The predicted octanol–water partition coefficient (Wildman–Crippen LogP) is 6.87. The van der Waals surface area contributed by atoms with Crippen molar-refractivity contribution in [2.24, 2.45) is 11.8 Å². The summed E-state index contributed by atoms with van der Waals surface area (Å²) >= 11 is 0. The monoisotopic (exact) mass is 673 g/mol. The number of amides is 1. The van der Waals surface area contributed by atoms with Crippen molar-refractivity contribution in [3.63, 3.8) is 0 Å². The highest BCUT2D eigenvalue weighted by Gasteiger charge is 2.34. The van der Waals surface area contributed by atoms with Gasteiger partial charge in [-0.15, -0.1) is 10.2 Å². The number of nitrogens with zero attached hydrogens (tertiary/aromatic N) is 6. The van der Waals surface area contributed by atoms with Gasteiger partial charge in [-0.2, -0.15) is 13.2 Å². The minimum absolute atomic E-state index is 0.0613. The number of aromatic nitrogens is 5. The first-order valence-corrected chi connectivity index (χ1v) is 17.2. The van der Waals surface area contributed by atoms with Gasteiger partial charge in [0.2, 0.25) is 5.82 Å². The van der Waals surface area contributed by atoms with Crippen LogP contribution in [0, 0.1) is 30.6 Å². The molecule has 5 heterocycles. The first kappa shape index (κ1) is 34.5. The maximum absolute atomic E-state index is 14.2. The van der Waals surface area contributed by atoms with E-state index >= 15 is 0 Å². The van der Waals surface area contributed by atoms with Gasteiger partial charge in [0.25, 0.3) is 11.7 Å². The van der Waals surface area contributed by atoms with Crippen LogP contribution in [0.5, 0.6) is 0 Å². The van der Waals surface area contributed by atoms with E-state index in [4.69, 9.17) is 4.74 Å². The van der Waals surface area contributed by atoms with Gasteiger partial charge in [-0.3, -0.25) is 19.1 Å². The minimum atomic E-state index is -4.56. The lowest BCUT2D eigenvalue weighted by Crippen LogP contribution is -2.26. The van der Waals surface area contributed by atoms with Crippen LogP contribution in [0.15, 0.2) is 42.9 Å². The highest BCUT2D eigenvalue weighted by atomic mass is 19.4. The van der Waals surface area contributed by atoms with E-state index in [0.717, 1.165) is 89.3 Å². The Labute approximate surface area is 284 Å². The molecule has 6 rings (SSSR count). The number of alkyl halides is 3. The molecule has 0 saturated carbocycles. The van der Waals surface area contributed by atoms with Crippen LogP contribution >= 0.6 is 0 Å². The third-order valence-electron chi connectivity index (χ3n) is 9.74. The molecule has 0 aliphatic carbocycles. The standard InChI is InChI=1S/C37H42F3N7O2/c1-3-26-5-4-15-46(16-12-26)24-30-8-10-32(20-33(30)37(38,39)40)43-35(48)31-19-29(25(2)41-22-31)9-11-34-44-45-36-42-21-28(23-47(34)36)7-6-27-13-17-49-18-14-27/h8,10,19-23,26-27H,3-7,12-18,24H2,1-2H3,(H,43,48). The van der Waals surface area contributed by atoms with E-state index < -0.39 is 17.6 Å². The summed E-state index contributed by atoms with van der Waals surface area (Å²) in [6.07, 6.45) is 8.86. The van der Waals surface area contributed by atoms with Crippen LogP contribution in [0.2, 0.25) is 0 Å². The van der Waals surface area contributed by atoms with Gasteiger partial charge in [0, 0.05) is 49.6 Å². The van der Waals surface area contributed by atoms with Gasteiger partial charge in [-0.1, -0.05) is 25.3 Å². The molecule has 0 bridgehead atoms. The highest BCUT2D eigenvalue weighted by Crippen LogP contribution is 2.35. The normalized spacial score (nSPS) is 17.8. The second-order valence-corrected chi connectivity index (χ2v) is 13.2. The topological polar surface area (TPSA) is 97.5 Å². The van der Waals surface area contributed by atoms with E-state index in [0.29, 0.717) is 34.7 Å². The third kappa shape index (κ3) is 8.83. The van der Waals surface area contributed by atoms with Crippen LogP contribution in [0.1, 0.15) is 96.0 Å². The van der Waals surface area contributed by atoms with Crippen molar-refractivity contribution in [3.8, 4) is 11.8 Å². The average Bonchev–Trinajstić information content (AvgIpc) is 3.36. The van der Waals surface area contributed by atoms with Crippen molar-refractivity contribution in [2.75, 3.05) is 31.6 Å². The lowest BCUT2D eigenvalue weighted by molar-refractivity contribution is -0.138. The number of likely N-dealkylation sites (tertiary alicyclic amines) is 1. The first-order chi connectivity index (χ1) is 23.7. The lowest BCUT2D eigenvalue weighted by Gasteiger charge is -2.23. The van der Waals surface area contributed by atoms with Crippen molar-refractivity contribution in [2.45, 2.75) is 77.9 Å². The van der Waals surface area contributed by atoms with Crippen LogP contribution in [0.4, 0.5) is 18.9 Å². The van der Waals surface area contributed by atoms with Crippen molar-refractivity contribution in [1.82, 2.24) is 29.5 Å². The van der Waals surface area contributed by atoms with E-state index in [1.165, 1.54) is 18.3 Å². The Balaban J connectivity index is 1.16. The Hall–Kier alpha value is -4.34. The number of halogens is 3. The van der Waals surface area contributed by atoms with Crippen LogP contribution in [-0.2, 0) is 23.9 Å². The van der Waals surface area contributed by atoms with E-state index in [1.807, 2.05) is 12.4 Å². The number of anilines is 1. The molecule has 1 amide bonds. The number of benzene rings is 1. The number of carbonyl (C=O) groups excluding carboxylic acids is 1. The summed E-state index contributed by atoms with van der Waals surface area (Å²) in [5.41, 5.74) is 1.84. The molecule has 12 heteroatoms. The van der Waals surface area contributed by atoms with Gasteiger partial charge in [-0.25, -0.2) is 4.98 Å². The zero-order valence-corrected chi connectivity index (χ0v) is 28.0. The molecule has 0 radical (unpaired) electrons. The SMILES string of the molecule is CCC1CCCN(Cc2ccc(NC(=O)c3cnc(C)c(C#Cc4nnc5ncc(CCC6CCOCC6)cn45)c3)cc2C(F)(F)F)CC1. The van der Waals surface area contributed by atoms with Gasteiger partial charge in [0.15, 0.2) is 0 Å². The molecule has 1 aromatic carbocycles. The Morgan fingerprint density at radius 2 is 1.86 bits per heavy atom. The van der Waals surface area contributed by atoms with E-state index in [9.17, 15) is 18.0 Å². The number of fused-ring (bicyclic) bond motifs is 1. The fraction of sp³-hybridized carbons (Fsp3) is 0.486. The van der Waals surface area contributed by atoms with Crippen molar-refractivity contribution >= 4 is 17.4 Å². The summed E-state index contributed by atoms with van der Waals surface area (Å²) in [6, 6.07) is 5.59. The van der Waals surface area contributed by atoms with Gasteiger partial charge in [-0.05, 0) is 112 Å². The summed E-state index contributed by atoms with van der Waals surface area (Å²) in [5.74, 6) is 7.58. The summed E-state index contributed by atoms with van der Waals surface area (Å²) in [6.45, 7) is 7.34. The van der Waals surface area contributed by atoms with E-state index in [-0.39, 0.29) is 23.4 Å². The third-order valence-corrected chi connectivity index (χ3v) is 9.74. The predicted molar refractivity (Wildman–Crippen MR) is 180 cm³/mol. The summed E-state index contributed by atoms with van der Waals surface area (Å²) < 4.78 is 49.8. The lowest BCUT2D eigenvalue weighted by atomic mass is 9.93. The molecule has 2 fully saturated rings. The molecular weight excluding hydrogens is 631 g/mol. The molecular formula is C37H42F3N7O2. The van der Waals surface area contributed by atoms with Crippen molar-refractivity contribution in [1.29, 1.82) is 0 Å². The molecule has 49 heavy (non-hydrogen) atoms.